The van der Waals surface area contributed by atoms with Crippen molar-refractivity contribution in [1.82, 2.24) is 0 Å². The van der Waals surface area contributed by atoms with E-state index in [0.717, 1.165) is 58.5 Å². The highest BCUT2D eigenvalue weighted by molar-refractivity contribution is 5.18. The summed E-state index contributed by atoms with van der Waals surface area (Å²) in [5, 5.41) is 20.1. The van der Waals surface area contributed by atoms with E-state index in [1.807, 2.05) is 12.5 Å². The fourth-order valence-electron chi connectivity index (χ4n) is 9.68. The number of aliphatic hydroxyl groups is 2. The van der Waals surface area contributed by atoms with E-state index in [2.05, 4.69) is 0 Å². The number of aliphatic hydroxyl groups excluding tert-OH is 2. The van der Waals surface area contributed by atoms with Crippen LogP contribution >= 0.6 is 0 Å². The standard InChI is InChI=1S/C26H38O3/c27-11-17(23-7-15-9-25(23)21-5-1-3-19(15)21)13-29-14-18(12-28)24-8-16-10-26(24)22-6-2-4-20(16)22/h13-16,19-28H,1-12H2. The molecule has 0 aromatic rings. The summed E-state index contributed by atoms with van der Waals surface area (Å²) in [6.07, 6.45) is 17.5. The first kappa shape index (κ1) is 18.9. The Bertz CT molecular complexity index is 638. The SMILES string of the molecule is OCC(=COC=C(CO)C1CC2CC1C1CCCC21)C1CC2CC1C1CCCC21. The monoisotopic (exact) mass is 398 g/mol. The maximum atomic E-state index is 10.1. The summed E-state index contributed by atoms with van der Waals surface area (Å²) in [5.41, 5.74) is 2.19. The predicted molar refractivity (Wildman–Crippen MR) is 112 cm³/mol. The van der Waals surface area contributed by atoms with Gasteiger partial charge < -0.3 is 14.9 Å². The van der Waals surface area contributed by atoms with Crippen molar-refractivity contribution in [3.05, 3.63) is 23.7 Å². The molecule has 160 valence electrons. The lowest BCUT2D eigenvalue weighted by atomic mass is 9.73. The number of hydrogen-bond donors (Lipinski definition) is 2. The Morgan fingerprint density at radius 1 is 0.621 bits per heavy atom. The van der Waals surface area contributed by atoms with Crippen LogP contribution in [0.2, 0.25) is 0 Å². The second-order valence-electron chi connectivity index (χ2n) is 11.4. The van der Waals surface area contributed by atoms with E-state index in [0.29, 0.717) is 11.8 Å². The van der Waals surface area contributed by atoms with E-state index in [9.17, 15) is 10.2 Å². The Balaban J connectivity index is 1.14. The second kappa shape index (κ2) is 7.41. The second-order valence-corrected chi connectivity index (χ2v) is 11.4. The van der Waals surface area contributed by atoms with Crippen LogP contribution < -0.4 is 0 Å². The molecule has 6 rings (SSSR count). The van der Waals surface area contributed by atoms with Gasteiger partial charge in [0, 0.05) is 0 Å². The van der Waals surface area contributed by atoms with Crippen molar-refractivity contribution in [3.8, 4) is 0 Å². The number of ether oxygens (including phenoxy) is 1. The molecule has 6 aliphatic rings. The van der Waals surface area contributed by atoms with Gasteiger partial charge in [0.15, 0.2) is 0 Å². The summed E-state index contributed by atoms with van der Waals surface area (Å²) >= 11 is 0. The molecule has 0 aromatic carbocycles. The highest BCUT2D eigenvalue weighted by atomic mass is 16.5. The third kappa shape index (κ3) is 2.90. The largest absolute Gasteiger partial charge is 0.473 e. The molecule has 0 heterocycles. The molecular formula is C26H38O3. The number of rotatable bonds is 6. The first-order valence-electron chi connectivity index (χ1n) is 12.5. The average Bonchev–Trinajstić information content (AvgIpc) is 3.54. The van der Waals surface area contributed by atoms with Crippen LogP contribution in [0.5, 0.6) is 0 Å². The van der Waals surface area contributed by atoms with Crippen molar-refractivity contribution < 1.29 is 14.9 Å². The van der Waals surface area contributed by atoms with Crippen LogP contribution in [0.3, 0.4) is 0 Å². The average molecular weight is 399 g/mol. The Kier molecular flexibility index (Phi) is 4.84. The van der Waals surface area contributed by atoms with Gasteiger partial charge in [-0.25, -0.2) is 0 Å². The Hall–Kier alpha value is -0.800. The lowest BCUT2D eigenvalue weighted by molar-refractivity contribution is 0.185. The van der Waals surface area contributed by atoms with E-state index in [-0.39, 0.29) is 13.2 Å². The Morgan fingerprint density at radius 2 is 1.07 bits per heavy atom. The quantitative estimate of drug-likeness (QED) is 0.626. The number of hydrogen-bond acceptors (Lipinski definition) is 3. The van der Waals surface area contributed by atoms with Gasteiger partial charge in [-0.05, 0) is 122 Å². The molecule has 0 spiro atoms. The van der Waals surface area contributed by atoms with Crippen LogP contribution in [0, 0.1) is 59.2 Å². The van der Waals surface area contributed by atoms with Gasteiger partial charge in [-0.15, -0.1) is 0 Å². The molecule has 2 N–H and O–H groups in total. The van der Waals surface area contributed by atoms with E-state index in [1.165, 1.54) is 64.2 Å². The number of fused-ring (bicyclic) bond motifs is 10. The fraction of sp³-hybridized carbons (Fsp3) is 0.846. The molecular weight excluding hydrogens is 360 g/mol. The molecule has 6 aliphatic carbocycles. The zero-order valence-electron chi connectivity index (χ0n) is 17.7. The minimum atomic E-state index is 0.117. The summed E-state index contributed by atoms with van der Waals surface area (Å²) in [7, 11) is 0. The van der Waals surface area contributed by atoms with Crippen molar-refractivity contribution in [2.24, 2.45) is 59.2 Å². The third-order valence-electron chi connectivity index (χ3n) is 10.6. The van der Waals surface area contributed by atoms with Crippen molar-refractivity contribution in [2.45, 2.75) is 64.2 Å². The molecule has 0 aromatic heterocycles. The summed E-state index contributed by atoms with van der Waals surface area (Å²) < 4.78 is 5.96. The molecule has 10 atom stereocenters. The zero-order valence-corrected chi connectivity index (χ0v) is 17.7. The van der Waals surface area contributed by atoms with Gasteiger partial charge >= 0.3 is 0 Å². The molecule has 6 fully saturated rings. The van der Waals surface area contributed by atoms with Crippen LogP contribution in [0.4, 0.5) is 0 Å². The summed E-state index contributed by atoms with van der Waals surface area (Å²) in [5.74, 6) is 8.17. The molecule has 0 amide bonds. The summed E-state index contributed by atoms with van der Waals surface area (Å²) in [4.78, 5) is 0. The molecule has 3 nitrogen and oxygen atoms in total. The maximum absolute atomic E-state index is 10.1. The lowest BCUT2D eigenvalue weighted by Crippen LogP contribution is -2.27. The fourth-order valence-corrected chi connectivity index (χ4v) is 9.68. The van der Waals surface area contributed by atoms with Crippen LogP contribution in [0.15, 0.2) is 23.7 Å². The van der Waals surface area contributed by atoms with Crippen LogP contribution in [0.25, 0.3) is 0 Å². The third-order valence-corrected chi connectivity index (χ3v) is 10.6. The minimum Gasteiger partial charge on any atom is -0.473 e. The van der Waals surface area contributed by atoms with Crippen molar-refractivity contribution in [2.75, 3.05) is 13.2 Å². The molecule has 6 saturated carbocycles. The van der Waals surface area contributed by atoms with Crippen LogP contribution in [-0.4, -0.2) is 23.4 Å². The van der Waals surface area contributed by atoms with Crippen molar-refractivity contribution >= 4 is 0 Å². The van der Waals surface area contributed by atoms with Gasteiger partial charge in [0.1, 0.15) is 0 Å². The van der Waals surface area contributed by atoms with Crippen molar-refractivity contribution in [3.63, 3.8) is 0 Å². The van der Waals surface area contributed by atoms with E-state index in [1.54, 1.807) is 0 Å². The normalized spacial score (nSPS) is 50.4. The van der Waals surface area contributed by atoms with Gasteiger partial charge in [0.2, 0.25) is 0 Å². The molecule has 0 aliphatic heterocycles. The molecule has 3 heteroatoms. The topological polar surface area (TPSA) is 49.7 Å². The highest BCUT2D eigenvalue weighted by Gasteiger charge is 2.55. The van der Waals surface area contributed by atoms with Crippen LogP contribution in [0.1, 0.15) is 64.2 Å². The molecule has 4 bridgehead atoms. The smallest absolute Gasteiger partial charge is 0.0919 e. The molecule has 0 saturated heterocycles. The molecule has 29 heavy (non-hydrogen) atoms. The first-order chi connectivity index (χ1) is 14.3. The van der Waals surface area contributed by atoms with Gasteiger partial charge in [-0.2, -0.15) is 0 Å². The van der Waals surface area contributed by atoms with Crippen LogP contribution in [-0.2, 0) is 4.74 Å². The first-order valence-corrected chi connectivity index (χ1v) is 12.5. The van der Waals surface area contributed by atoms with E-state index < -0.39 is 0 Å². The highest BCUT2D eigenvalue weighted by Crippen LogP contribution is 2.63. The Labute approximate surface area is 175 Å². The van der Waals surface area contributed by atoms with Gasteiger partial charge in [0.05, 0.1) is 25.7 Å². The minimum absolute atomic E-state index is 0.117. The van der Waals surface area contributed by atoms with Crippen molar-refractivity contribution in [1.29, 1.82) is 0 Å². The lowest BCUT2D eigenvalue weighted by Gasteiger charge is -2.33. The maximum Gasteiger partial charge on any atom is 0.0919 e. The molecule has 10 unspecified atom stereocenters. The van der Waals surface area contributed by atoms with Gasteiger partial charge in [0.25, 0.3) is 0 Å². The Morgan fingerprint density at radius 3 is 1.52 bits per heavy atom. The molecule has 0 radical (unpaired) electrons. The summed E-state index contributed by atoms with van der Waals surface area (Å²) in [6.45, 7) is 0.233. The van der Waals surface area contributed by atoms with E-state index in [4.69, 9.17) is 4.74 Å². The predicted octanol–water partition coefficient (Wildman–Crippen LogP) is 4.90. The van der Waals surface area contributed by atoms with Gasteiger partial charge in [-0.1, -0.05) is 12.8 Å². The van der Waals surface area contributed by atoms with E-state index >= 15 is 0 Å². The zero-order chi connectivity index (χ0) is 19.5. The van der Waals surface area contributed by atoms with Gasteiger partial charge in [-0.3, -0.25) is 0 Å². The summed E-state index contributed by atoms with van der Waals surface area (Å²) in [6, 6.07) is 0.